The van der Waals surface area contributed by atoms with Crippen molar-refractivity contribution in [2.45, 2.75) is 18.9 Å². The lowest BCUT2D eigenvalue weighted by Crippen LogP contribution is -2.37. The summed E-state index contributed by atoms with van der Waals surface area (Å²) in [4.78, 5) is 28.4. The molecule has 0 bridgehead atoms. The molecule has 178 valence electrons. The standard InChI is InChI=1S/C26H27N7O2/c1-27-25(34)17-2-5-19(6-3-17)29-24-15-21(30-26(31-24)32-10-12-35-13-11-32)18-4-9-23-22(14-18)28-16-33(23)20-7-8-20/h2-6,9,14-16,20H,7-8,10-13H2,1H3,(H,27,34)(H,29,30,31). The Balaban J connectivity index is 1.35. The quantitative estimate of drug-likeness (QED) is 0.444. The molecule has 2 aromatic carbocycles. The van der Waals surface area contributed by atoms with Crippen molar-refractivity contribution in [2.75, 3.05) is 43.6 Å². The Morgan fingerprint density at radius 1 is 1.03 bits per heavy atom. The van der Waals surface area contributed by atoms with Crippen LogP contribution in [0.4, 0.5) is 17.5 Å². The van der Waals surface area contributed by atoms with E-state index in [1.165, 1.54) is 12.8 Å². The summed E-state index contributed by atoms with van der Waals surface area (Å²) in [7, 11) is 1.62. The number of hydrogen-bond donors (Lipinski definition) is 2. The van der Waals surface area contributed by atoms with Crippen molar-refractivity contribution in [2.24, 2.45) is 0 Å². The fourth-order valence-corrected chi connectivity index (χ4v) is 4.38. The van der Waals surface area contributed by atoms with Crippen molar-refractivity contribution in [3.63, 3.8) is 0 Å². The molecular formula is C26H27N7O2. The van der Waals surface area contributed by atoms with Gasteiger partial charge in [0.25, 0.3) is 5.91 Å². The fourth-order valence-electron chi connectivity index (χ4n) is 4.38. The molecule has 6 rings (SSSR count). The van der Waals surface area contributed by atoms with E-state index in [1.807, 2.05) is 24.5 Å². The van der Waals surface area contributed by atoms with Gasteiger partial charge in [0.15, 0.2) is 0 Å². The lowest BCUT2D eigenvalue weighted by Gasteiger charge is -2.27. The van der Waals surface area contributed by atoms with Gasteiger partial charge in [0.1, 0.15) is 5.82 Å². The number of fused-ring (bicyclic) bond motifs is 1. The van der Waals surface area contributed by atoms with Crippen molar-refractivity contribution in [3.8, 4) is 11.3 Å². The van der Waals surface area contributed by atoms with E-state index in [0.29, 0.717) is 36.6 Å². The average Bonchev–Trinajstić information content (AvgIpc) is 3.67. The van der Waals surface area contributed by atoms with Crippen LogP contribution >= 0.6 is 0 Å². The molecule has 1 aliphatic heterocycles. The molecule has 0 spiro atoms. The Bertz CT molecular complexity index is 1370. The molecule has 2 N–H and O–H groups in total. The molecule has 35 heavy (non-hydrogen) atoms. The Morgan fingerprint density at radius 2 is 1.83 bits per heavy atom. The van der Waals surface area contributed by atoms with Crippen molar-refractivity contribution >= 4 is 34.4 Å². The number of amides is 1. The first-order valence-electron chi connectivity index (χ1n) is 12.0. The van der Waals surface area contributed by atoms with E-state index < -0.39 is 0 Å². The Hall–Kier alpha value is -3.98. The minimum atomic E-state index is -0.116. The summed E-state index contributed by atoms with van der Waals surface area (Å²) < 4.78 is 7.79. The van der Waals surface area contributed by atoms with E-state index in [1.54, 1.807) is 19.2 Å². The number of benzene rings is 2. The van der Waals surface area contributed by atoms with Crippen molar-refractivity contribution in [3.05, 3.63) is 60.4 Å². The summed E-state index contributed by atoms with van der Waals surface area (Å²) in [6.07, 6.45) is 4.39. The number of nitrogens with one attached hydrogen (secondary N) is 2. The van der Waals surface area contributed by atoms with Gasteiger partial charge in [-0.2, -0.15) is 4.98 Å². The van der Waals surface area contributed by atoms with E-state index in [0.717, 1.165) is 41.1 Å². The van der Waals surface area contributed by atoms with Crippen LogP contribution in [0, 0.1) is 0 Å². The van der Waals surface area contributed by atoms with Gasteiger partial charge in [0.2, 0.25) is 5.95 Å². The molecule has 3 heterocycles. The highest BCUT2D eigenvalue weighted by atomic mass is 16.5. The molecule has 4 aromatic rings. The zero-order valence-electron chi connectivity index (χ0n) is 19.6. The van der Waals surface area contributed by atoms with Crippen LogP contribution in [0.25, 0.3) is 22.3 Å². The molecule has 1 saturated carbocycles. The van der Waals surface area contributed by atoms with Crippen LogP contribution in [-0.4, -0.2) is 58.8 Å². The number of anilines is 3. The van der Waals surface area contributed by atoms with Crippen molar-refractivity contribution in [1.29, 1.82) is 0 Å². The first kappa shape index (κ1) is 21.5. The second-order valence-electron chi connectivity index (χ2n) is 8.91. The largest absolute Gasteiger partial charge is 0.378 e. The second kappa shape index (κ2) is 8.99. The third-order valence-corrected chi connectivity index (χ3v) is 6.47. The topological polar surface area (TPSA) is 97.2 Å². The highest BCUT2D eigenvalue weighted by Crippen LogP contribution is 2.37. The van der Waals surface area contributed by atoms with Gasteiger partial charge in [-0.05, 0) is 49.2 Å². The summed E-state index contributed by atoms with van der Waals surface area (Å²) in [5.41, 5.74) is 5.40. The number of nitrogens with zero attached hydrogens (tertiary/aromatic N) is 5. The SMILES string of the molecule is CNC(=O)c1ccc(Nc2cc(-c3ccc4c(c3)ncn4C3CC3)nc(N3CCOCC3)n2)cc1. The zero-order chi connectivity index (χ0) is 23.8. The van der Waals surface area contributed by atoms with E-state index in [2.05, 4.69) is 43.3 Å². The number of imidazole rings is 1. The normalized spacial score (nSPS) is 15.9. The maximum Gasteiger partial charge on any atom is 0.251 e. The molecule has 0 unspecified atom stereocenters. The summed E-state index contributed by atoms with van der Waals surface area (Å²) in [6, 6.07) is 16.2. The van der Waals surface area contributed by atoms with E-state index >= 15 is 0 Å². The first-order chi connectivity index (χ1) is 17.2. The lowest BCUT2D eigenvalue weighted by molar-refractivity contribution is 0.0963. The zero-order valence-corrected chi connectivity index (χ0v) is 19.6. The first-order valence-corrected chi connectivity index (χ1v) is 12.0. The molecule has 9 heteroatoms. The lowest BCUT2D eigenvalue weighted by atomic mass is 10.1. The highest BCUT2D eigenvalue weighted by Gasteiger charge is 2.25. The average molecular weight is 470 g/mol. The van der Waals surface area contributed by atoms with Crippen LogP contribution in [-0.2, 0) is 4.74 Å². The van der Waals surface area contributed by atoms with E-state index in [-0.39, 0.29) is 5.91 Å². The van der Waals surface area contributed by atoms with Gasteiger partial charge in [-0.25, -0.2) is 9.97 Å². The Kier molecular flexibility index (Phi) is 5.54. The third kappa shape index (κ3) is 4.42. The second-order valence-corrected chi connectivity index (χ2v) is 8.91. The van der Waals surface area contributed by atoms with Gasteiger partial charge in [-0.1, -0.05) is 6.07 Å². The molecule has 0 radical (unpaired) electrons. The maximum absolute atomic E-state index is 11.9. The van der Waals surface area contributed by atoms with Crippen molar-refractivity contribution in [1.82, 2.24) is 24.8 Å². The van der Waals surface area contributed by atoms with Gasteiger partial charge in [0.05, 0.1) is 36.3 Å². The summed E-state index contributed by atoms with van der Waals surface area (Å²) in [5, 5.41) is 6.02. The van der Waals surface area contributed by atoms with Gasteiger partial charge in [-0.15, -0.1) is 0 Å². The van der Waals surface area contributed by atoms with Gasteiger partial charge in [0, 0.05) is 49.1 Å². The fraction of sp³-hybridized carbons (Fsp3) is 0.308. The number of ether oxygens (including phenoxy) is 1. The predicted molar refractivity (Wildman–Crippen MR) is 135 cm³/mol. The van der Waals surface area contributed by atoms with Crippen LogP contribution in [0.5, 0.6) is 0 Å². The molecule has 1 aliphatic carbocycles. The molecule has 0 atom stereocenters. The number of carbonyl (C=O) groups is 1. The summed E-state index contributed by atoms with van der Waals surface area (Å²) in [6.45, 7) is 2.80. The van der Waals surface area contributed by atoms with Crippen LogP contribution < -0.4 is 15.5 Å². The Morgan fingerprint density at radius 3 is 2.57 bits per heavy atom. The van der Waals surface area contributed by atoms with E-state index in [9.17, 15) is 4.79 Å². The number of aromatic nitrogens is 4. The molecular weight excluding hydrogens is 442 g/mol. The molecule has 2 aliphatic rings. The number of morpholine rings is 1. The maximum atomic E-state index is 11.9. The molecule has 1 amide bonds. The Labute approximate surface area is 203 Å². The number of rotatable bonds is 6. The predicted octanol–water partition coefficient (Wildman–Crippen LogP) is 3.77. The minimum Gasteiger partial charge on any atom is -0.378 e. The smallest absolute Gasteiger partial charge is 0.251 e. The minimum absolute atomic E-state index is 0.116. The molecule has 9 nitrogen and oxygen atoms in total. The highest BCUT2D eigenvalue weighted by molar-refractivity contribution is 5.94. The number of hydrogen-bond acceptors (Lipinski definition) is 7. The van der Waals surface area contributed by atoms with Crippen LogP contribution in [0.3, 0.4) is 0 Å². The molecule has 2 fully saturated rings. The van der Waals surface area contributed by atoms with E-state index in [4.69, 9.17) is 14.7 Å². The monoisotopic (exact) mass is 469 g/mol. The van der Waals surface area contributed by atoms with Gasteiger partial charge >= 0.3 is 0 Å². The van der Waals surface area contributed by atoms with Gasteiger partial charge in [-0.3, -0.25) is 4.79 Å². The van der Waals surface area contributed by atoms with Crippen molar-refractivity contribution < 1.29 is 9.53 Å². The van der Waals surface area contributed by atoms with Gasteiger partial charge < -0.3 is 24.8 Å². The van der Waals surface area contributed by atoms with Crippen LogP contribution in [0.1, 0.15) is 29.2 Å². The molecule has 1 saturated heterocycles. The van der Waals surface area contributed by atoms with Crippen LogP contribution in [0.2, 0.25) is 0 Å². The van der Waals surface area contributed by atoms with Crippen LogP contribution in [0.15, 0.2) is 54.9 Å². The molecule has 2 aromatic heterocycles. The third-order valence-electron chi connectivity index (χ3n) is 6.47. The number of carbonyl (C=O) groups excluding carboxylic acids is 1. The summed E-state index contributed by atoms with van der Waals surface area (Å²) >= 11 is 0. The summed E-state index contributed by atoms with van der Waals surface area (Å²) in [5.74, 6) is 1.24.